The molecule has 6 heteroatoms. The molecule has 1 N–H and O–H groups in total. The molecule has 0 aliphatic carbocycles. The molecule has 0 aliphatic heterocycles. The maximum absolute atomic E-state index is 13.2. The van der Waals surface area contributed by atoms with Crippen LogP contribution >= 0.6 is 23.2 Å². The van der Waals surface area contributed by atoms with E-state index in [1.54, 1.807) is 27.7 Å². The number of hydrogen-bond donors (Lipinski definition) is 1. The summed E-state index contributed by atoms with van der Waals surface area (Å²) < 4.78 is 18.7. The van der Waals surface area contributed by atoms with Crippen molar-refractivity contribution in [3.8, 4) is 0 Å². The van der Waals surface area contributed by atoms with Crippen molar-refractivity contribution in [2.24, 2.45) is 0 Å². The molecule has 18 heavy (non-hydrogen) atoms. The summed E-state index contributed by atoms with van der Waals surface area (Å²) in [6, 6.07) is 2.34. The summed E-state index contributed by atoms with van der Waals surface area (Å²) in [5, 5.41) is 10.3. The van der Waals surface area contributed by atoms with Gasteiger partial charge in [-0.25, -0.2) is 4.39 Å². The van der Waals surface area contributed by atoms with Crippen molar-refractivity contribution < 1.29 is 14.2 Å². The van der Waals surface area contributed by atoms with Gasteiger partial charge in [-0.15, -0.1) is 0 Å². The largest absolute Gasteiger partial charge is 0.427 e. The van der Waals surface area contributed by atoms with Gasteiger partial charge in [0.2, 0.25) is 0 Å². The average molecular weight is 292 g/mol. The molecule has 0 aromatic heterocycles. The minimum atomic E-state index is -1.06. The fourth-order valence-electron chi connectivity index (χ4n) is 1.02. The molecule has 99 valence electrons. The van der Waals surface area contributed by atoms with E-state index in [0.717, 1.165) is 6.07 Å². The highest BCUT2D eigenvalue weighted by Gasteiger charge is 2.36. The second kappa shape index (κ2) is 5.37. The van der Waals surface area contributed by atoms with Gasteiger partial charge >= 0.3 is 7.48 Å². The number of benzene rings is 1. The summed E-state index contributed by atoms with van der Waals surface area (Å²) >= 11 is 11.7. The van der Waals surface area contributed by atoms with Crippen molar-refractivity contribution in [3.05, 3.63) is 28.0 Å². The van der Waals surface area contributed by atoms with Gasteiger partial charge in [-0.05, 0) is 45.3 Å². The van der Waals surface area contributed by atoms with Gasteiger partial charge in [0.15, 0.2) is 0 Å². The lowest BCUT2D eigenvalue weighted by Crippen LogP contribution is -2.49. The van der Waals surface area contributed by atoms with Gasteiger partial charge in [0.05, 0.1) is 21.2 Å². The first kappa shape index (κ1) is 15.8. The molecule has 0 aliphatic rings. The Morgan fingerprint density at radius 2 is 1.78 bits per heavy atom. The lowest BCUT2D eigenvalue weighted by Gasteiger charge is -2.37. The molecule has 0 heterocycles. The van der Waals surface area contributed by atoms with Crippen LogP contribution in [-0.4, -0.2) is 23.8 Å². The highest BCUT2D eigenvalue weighted by molar-refractivity contribution is 6.56. The quantitative estimate of drug-likeness (QED) is 0.683. The Bertz CT molecular complexity index is 444. The van der Waals surface area contributed by atoms with Gasteiger partial charge in [0.25, 0.3) is 0 Å². The minimum Gasteiger partial charge on any atom is -0.427 e. The summed E-state index contributed by atoms with van der Waals surface area (Å²) in [7, 11) is 1.30. The van der Waals surface area contributed by atoms with E-state index in [9.17, 15) is 9.50 Å². The third kappa shape index (κ3) is 3.61. The molecule has 0 atom stereocenters. The normalized spacial score (nSPS) is 12.7. The third-order valence-corrected chi connectivity index (χ3v) is 3.79. The van der Waals surface area contributed by atoms with Crippen LogP contribution in [0.25, 0.3) is 0 Å². The predicted octanol–water partition coefficient (Wildman–Crippen LogP) is 2.94. The Morgan fingerprint density at radius 3 is 2.28 bits per heavy atom. The van der Waals surface area contributed by atoms with E-state index in [4.69, 9.17) is 27.9 Å². The Balaban J connectivity index is 2.88. The topological polar surface area (TPSA) is 29.5 Å². The Kier molecular flexibility index (Phi) is 4.71. The van der Waals surface area contributed by atoms with Crippen LogP contribution in [0.1, 0.15) is 27.7 Å². The van der Waals surface area contributed by atoms with Crippen molar-refractivity contribution in [2.45, 2.75) is 38.9 Å². The molecule has 0 unspecified atom stereocenters. The lowest BCUT2D eigenvalue weighted by atomic mass is 9.82. The number of halogens is 3. The monoisotopic (exact) mass is 291 g/mol. The van der Waals surface area contributed by atoms with Crippen molar-refractivity contribution in [3.63, 3.8) is 0 Å². The molecule has 0 bridgehead atoms. The lowest BCUT2D eigenvalue weighted by molar-refractivity contribution is -0.0893. The predicted molar refractivity (Wildman–Crippen MR) is 73.3 cm³/mol. The van der Waals surface area contributed by atoms with Crippen LogP contribution in [0.3, 0.4) is 0 Å². The van der Waals surface area contributed by atoms with E-state index in [0.29, 0.717) is 5.46 Å². The van der Waals surface area contributed by atoms with E-state index < -0.39 is 17.0 Å². The van der Waals surface area contributed by atoms with E-state index in [1.165, 1.54) is 13.5 Å². The highest BCUT2D eigenvalue weighted by atomic mass is 35.5. The molecule has 2 nitrogen and oxygen atoms in total. The SMILES string of the molecule is CC(C)(O)C(C)(C)O[B]c1cc(F)cc(Cl)c1Cl. The average Bonchev–Trinajstić information content (AvgIpc) is 2.19. The molecule has 0 saturated carbocycles. The van der Waals surface area contributed by atoms with Crippen LogP contribution in [-0.2, 0) is 4.65 Å². The van der Waals surface area contributed by atoms with Crippen LogP contribution in [0.15, 0.2) is 12.1 Å². The first-order chi connectivity index (χ1) is 8.04. The van der Waals surface area contributed by atoms with Crippen LogP contribution < -0.4 is 5.46 Å². The van der Waals surface area contributed by atoms with Crippen LogP contribution in [0.5, 0.6) is 0 Å². The fourth-order valence-corrected chi connectivity index (χ4v) is 1.38. The molecular weight excluding hydrogens is 277 g/mol. The van der Waals surface area contributed by atoms with E-state index in [2.05, 4.69) is 0 Å². The maximum Gasteiger partial charge on any atom is 0.332 e. The van der Waals surface area contributed by atoms with E-state index in [-0.39, 0.29) is 10.0 Å². The molecule has 0 saturated heterocycles. The van der Waals surface area contributed by atoms with E-state index >= 15 is 0 Å². The molecule has 0 fully saturated rings. The zero-order valence-electron chi connectivity index (χ0n) is 10.7. The molecular formula is C12H15BCl2FO2. The summed E-state index contributed by atoms with van der Waals surface area (Å²) in [5.74, 6) is -0.500. The van der Waals surface area contributed by atoms with Crippen molar-refractivity contribution in [1.82, 2.24) is 0 Å². The molecule has 1 rings (SSSR count). The summed E-state index contributed by atoms with van der Waals surface area (Å²) in [6.07, 6.45) is 0. The molecule has 1 aromatic rings. The Morgan fingerprint density at radius 1 is 1.22 bits per heavy atom. The first-order valence-corrected chi connectivity index (χ1v) is 6.18. The molecule has 0 amide bonds. The number of aliphatic hydroxyl groups is 1. The second-order valence-corrected chi connectivity index (χ2v) is 5.88. The van der Waals surface area contributed by atoms with Gasteiger partial charge in [-0.3, -0.25) is 0 Å². The van der Waals surface area contributed by atoms with Gasteiger partial charge in [0, 0.05) is 0 Å². The van der Waals surface area contributed by atoms with Crippen molar-refractivity contribution in [2.75, 3.05) is 0 Å². The minimum absolute atomic E-state index is 0.118. The van der Waals surface area contributed by atoms with E-state index in [1.807, 2.05) is 0 Å². The van der Waals surface area contributed by atoms with Crippen molar-refractivity contribution in [1.29, 1.82) is 0 Å². The maximum atomic E-state index is 13.2. The van der Waals surface area contributed by atoms with Crippen molar-refractivity contribution >= 4 is 36.1 Å². The molecule has 1 radical (unpaired) electrons. The molecule has 0 spiro atoms. The third-order valence-electron chi connectivity index (χ3n) is 2.98. The zero-order valence-corrected chi connectivity index (χ0v) is 12.2. The summed E-state index contributed by atoms with van der Waals surface area (Å²) in [5.41, 5.74) is -1.58. The Labute approximate surface area is 117 Å². The standard InChI is InChI=1S/C12H15BCl2FO2/c1-11(2,17)12(3,4)18-13-8-5-7(16)6-9(14)10(8)15/h5-6,17H,1-4H3. The number of rotatable bonds is 4. The van der Waals surface area contributed by atoms with Crippen LogP contribution in [0.2, 0.25) is 10.0 Å². The molecule has 1 aromatic carbocycles. The second-order valence-electron chi connectivity index (χ2n) is 5.10. The highest BCUT2D eigenvalue weighted by Crippen LogP contribution is 2.25. The zero-order chi connectivity index (χ0) is 14.1. The fraction of sp³-hybridized carbons (Fsp3) is 0.500. The first-order valence-electron chi connectivity index (χ1n) is 5.42. The van der Waals surface area contributed by atoms with Crippen LogP contribution in [0, 0.1) is 5.82 Å². The Hall–Kier alpha value is -0.285. The summed E-state index contributed by atoms with van der Waals surface area (Å²) in [4.78, 5) is 0. The number of hydrogen-bond acceptors (Lipinski definition) is 2. The van der Waals surface area contributed by atoms with Gasteiger partial charge in [-0.1, -0.05) is 23.2 Å². The van der Waals surface area contributed by atoms with Gasteiger partial charge < -0.3 is 9.76 Å². The van der Waals surface area contributed by atoms with Gasteiger partial charge in [-0.2, -0.15) is 0 Å². The van der Waals surface area contributed by atoms with Gasteiger partial charge in [0.1, 0.15) is 5.82 Å². The smallest absolute Gasteiger partial charge is 0.332 e. The van der Waals surface area contributed by atoms with Crippen LogP contribution in [0.4, 0.5) is 4.39 Å². The summed E-state index contributed by atoms with van der Waals surface area (Å²) in [6.45, 7) is 6.69.